The molecule has 146 valence electrons. The SMILES string of the molecule is N#CNC1=NC(c2ccccc2-c2ccccc2Cl)c2c(nc(N)c(C#N)c2N)N1. The number of fused-ring (bicyclic) bond motifs is 1. The van der Waals surface area contributed by atoms with Gasteiger partial charge in [0.05, 0.1) is 5.69 Å². The first-order valence-electron chi connectivity index (χ1n) is 8.87. The largest absolute Gasteiger partial charge is 0.397 e. The van der Waals surface area contributed by atoms with Gasteiger partial charge in [0.25, 0.3) is 0 Å². The van der Waals surface area contributed by atoms with Gasteiger partial charge in [-0.2, -0.15) is 10.5 Å². The van der Waals surface area contributed by atoms with E-state index in [-0.39, 0.29) is 23.0 Å². The average molecular weight is 415 g/mol. The molecule has 1 aliphatic rings. The molecule has 1 aromatic heterocycles. The van der Waals surface area contributed by atoms with Gasteiger partial charge in [-0.15, -0.1) is 0 Å². The molecule has 0 saturated heterocycles. The van der Waals surface area contributed by atoms with Crippen LogP contribution in [-0.4, -0.2) is 10.9 Å². The summed E-state index contributed by atoms with van der Waals surface area (Å²) < 4.78 is 0. The summed E-state index contributed by atoms with van der Waals surface area (Å²) in [6.45, 7) is 0. The predicted molar refractivity (Wildman–Crippen MR) is 116 cm³/mol. The minimum atomic E-state index is -0.648. The molecule has 0 fully saturated rings. The van der Waals surface area contributed by atoms with Crippen molar-refractivity contribution in [2.75, 3.05) is 16.8 Å². The minimum absolute atomic E-state index is 0.00223. The third kappa shape index (κ3) is 3.12. The first-order chi connectivity index (χ1) is 14.5. The van der Waals surface area contributed by atoms with Crippen molar-refractivity contribution in [3.63, 3.8) is 0 Å². The number of guanidine groups is 1. The van der Waals surface area contributed by atoms with Gasteiger partial charge in [0, 0.05) is 16.1 Å². The molecule has 0 spiro atoms. The van der Waals surface area contributed by atoms with E-state index in [1.165, 1.54) is 0 Å². The van der Waals surface area contributed by atoms with Gasteiger partial charge in [-0.05, 0) is 17.2 Å². The van der Waals surface area contributed by atoms with Crippen LogP contribution in [0.15, 0.2) is 53.5 Å². The fourth-order valence-electron chi connectivity index (χ4n) is 3.47. The Labute approximate surface area is 177 Å². The first-order valence-corrected chi connectivity index (χ1v) is 9.25. The Morgan fingerprint density at radius 2 is 1.73 bits per heavy atom. The molecule has 1 atom stereocenters. The number of anilines is 3. The summed E-state index contributed by atoms with van der Waals surface area (Å²) in [7, 11) is 0. The normalized spacial score (nSPS) is 14.5. The lowest BCUT2D eigenvalue weighted by atomic mass is 9.89. The van der Waals surface area contributed by atoms with Crippen LogP contribution in [0.2, 0.25) is 5.02 Å². The van der Waals surface area contributed by atoms with Gasteiger partial charge in [0.1, 0.15) is 29.3 Å². The number of aliphatic imine (C=N–C) groups is 1. The molecule has 0 bridgehead atoms. The summed E-state index contributed by atoms with van der Waals surface area (Å²) >= 11 is 6.45. The summed E-state index contributed by atoms with van der Waals surface area (Å²) in [6, 6.07) is 16.4. The molecule has 2 heterocycles. The Hall–Kier alpha value is -4.27. The Morgan fingerprint density at radius 1 is 1.03 bits per heavy atom. The Morgan fingerprint density at radius 3 is 2.43 bits per heavy atom. The van der Waals surface area contributed by atoms with Crippen LogP contribution in [0.5, 0.6) is 0 Å². The number of benzene rings is 2. The van der Waals surface area contributed by atoms with Crippen LogP contribution < -0.4 is 22.1 Å². The van der Waals surface area contributed by atoms with E-state index in [1.807, 2.05) is 54.7 Å². The Bertz CT molecular complexity index is 1270. The fraction of sp³-hybridized carbons (Fsp3) is 0.0476. The third-order valence-corrected chi connectivity index (χ3v) is 5.11. The number of nitrogens with one attached hydrogen (secondary N) is 2. The zero-order valence-corrected chi connectivity index (χ0v) is 16.3. The Balaban J connectivity index is 2.00. The number of halogens is 1. The van der Waals surface area contributed by atoms with Crippen LogP contribution in [0.3, 0.4) is 0 Å². The van der Waals surface area contributed by atoms with Crippen molar-refractivity contribution in [3.8, 4) is 23.4 Å². The smallest absolute Gasteiger partial charge is 0.211 e. The standard InChI is InChI=1S/C21H15ClN8/c22-15-8-4-3-6-12(15)11-5-1-2-7-13(11)18-16-17(25)14(9-23)19(26)29-20(16)30-21(28-18)27-10-24/h1-8,18H,(H6,25,26,27,28,29,30). The van der Waals surface area contributed by atoms with Gasteiger partial charge < -0.3 is 16.8 Å². The molecule has 0 saturated carbocycles. The highest BCUT2D eigenvalue weighted by Crippen LogP contribution is 2.44. The first kappa shape index (κ1) is 19.1. The van der Waals surface area contributed by atoms with Crippen LogP contribution in [0.4, 0.5) is 17.3 Å². The molecule has 9 heteroatoms. The Kier molecular flexibility index (Phi) is 4.85. The predicted octanol–water partition coefficient (Wildman–Crippen LogP) is 3.38. The van der Waals surface area contributed by atoms with Crippen molar-refractivity contribution in [2.24, 2.45) is 4.99 Å². The summed E-state index contributed by atoms with van der Waals surface area (Å²) in [5.41, 5.74) is 15.4. The van der Waals surface area contributed by atoms with Crippen molar-refractivity contribution < 1.29 is 0 Å². The van der Waals surface area contributed by atoms with Gasteiger partial charge in [-0.25, -0.2) is 9.98 Å². The van der Waals surface area contributed by atoms with Crippen molar-refractivity contribution in [1.82, 2.24) is 10.3 Å². The highest BCUT2D eigenvalue weighted by Gasteiger charge is 2.31. The lowest BCUT2D eigenvalue weighted by Crippen LogP contribution is -2.32. The van der Waals surface area contributed by atoms with Crippen molar-refractivity contribution in [3.05, 3.63) is 70.2 Å². The minimum Gasteiger partial charge on any atom is -0.397 e. The number of nitrogens with two attached hydrogens (primary N) is 2. The van der Waals surface area contributed by atoms with E-state index in [2.05, 4.69) is 20.6 Å². The molecule has 3 aromatic rings. The number of nitriles is 2. The molecule has 0 amide bonds. The van der Waals surface area contributed by atoms with Gasteiger partial charge in [-0.1, -0.05) is 54.1 Å². The lowest BCUT2D eigenvalue weighted by Gasteiger charge is -2.27. The topological polar surface area (TPSA) is 149 Å². The highest BCUT2D eigenvalue weighted by molar-refractivity contribution is 6.33. The van der Waals surface area contributed by atoms with Gasteiger partial charge in [0.2, 0.25) is 5.96 Å². The quantitative estimate of drug-likeness (QED) is 0.371. The second kappa shape index (κ2) is 7.63. The monoisotopic (exact) mass is 414 g/mol. The molecular weight excluding hydrogens is 400 g/mol. The number of pyridine rings is 1. The van der Waals surface area contributed by atoms with E-state index in [0.29, 0.717) is 16.4 Å². The van der Waals surface area contributed by atoms with Crippen molar-refractivity contribution in [2.45, 2.75) is 6.04 Å². The van der Waals surface area contributed by atoms with E-state index < -0.39 is 6.04 Å². The molecule has 0 radical (unpaired) electrons. The van der Waals surface area contributed by atoms with Crippen molar-refractivity contribution in [1.29, 1.82) is 10.5 Å². The number of hydrogen-bond acceptors (Lipinski definition) is 8. The number of hydrogen-bond donors (Lipinski definition) is 4. The van der Waals surface area contributed by atoms with E-state index >= 15 is 0 Å². The summed E-state index contributed by atoms with van der Waals surface area (Å²) in [5.74, 6) is 0.522. The lowest BCUT2D eigenvalue weighted by molar-refractivity contribution is 0.848. The molecule has 8 nitrogen and oxygen atoms in total. The molecule has 1 aliphatic heterocycles. The molecule has 0 aliphatic carbocycles. The van der Waals surface area contributed by atoms with Gasteiger partial charge >= 0.3 is 0 Å². The second-order valence-corrected chi connectivity index (χ2v) is 6.88. The molecule has 6 N–H and O–H groups in total. The number of rotatable bonds is 2. The zero-order chi connectivity index (χ0) is 21.3. The summed E-state index contributed by atoms with van der Waals surface area (Å²) in [4.78, 5) is 8.90. The maximum atomic E-state index is 9.48. The third-order valence-electron chi connectivity index (χ3n) is 4.78. The summed E-state index contributed by atoms with van der Waals surface area (Å²) in [5, 5.41) is 24.5. The summed E-state index contributed by atoms with van der Waals surface area (Å²) in [6.07, 6.45) is 1.84. The van der Waals surface area contributed by atoms with E-state index in [4.69, 9.17) is 28.3 Å². The highest BCUT2D eigenvalue weighted by atomic mass is 35.5. The fourth-order valence-corrected chi connectivity index (χ4v) is 3.70. The molecule has 4 rings (SSSR count). The molecule has 2 aromatic carbocycles. The second-order valence-electron chi connectivity index (χ2n) is 6.47. The van der Waals surface area contributed by atoms with E-state index in [9.17, 15) is 5.26 Å². The maximum absolute atomic E-state index is 9.48. The van der Waals surface area contributed by atoms with Crippen LogP contribution in [-0.2, 0) is 0 Å². The van der Waals surface area contributed by atoms with Crippen LogP contribution >= 0.6 is 11.6 Å². The molecule has 1 unspecified atom stereocenters. The molecule has 30 heavy (non-hydrogen) atoms. The van der Waals surface area contributed by atoms with E-state index in [0.717, 1.165) is 16.7 Å². The maximum Gasteiger partial charge on any atom is 0.211 e. The molecular formula is C21H15ClN8. The number of aromatic nitrogens is 1. The van der Waals surface area contributed by atoms with Crippen molar-refractivity contribution >= 4 is 34.9 Å². The van der Waals surface area contributed by atoms with Crippen LogP contribution in [0.1, 0.15) is 22.7 Å². The number of nitrogen functional groups attached to an aromatic ring is 2. The zero-order valence-electron chi connectivity index (χ0n) is 15.5. The van der Waals surface area contributed by atoms with Gasteiger partial charge in [0.15, 0.2) is 6.19 Å². The van der Waals surface area contributed by atoms with Crippen LogP contribution in [0.25, 0.3) is 11.1 Å². The van der Waals surface area contributed by atoms with Gasteiger partial charge in [-0.3, -0.25) is 5.32 Å². The number of nitrogens with zero attached hydrogens (tertiary/aromatic N) is 4. The van der Waals surface area contributed by atoms with Crippen LogP contribution in [0, 0.1) is 22.8 Å². The average Bonchev–Trinajstić information content (AvgIpc) is 2.74. The van der Waals surface area contributed by atoms with E-state index in [1.54, 1.807) is 6.07 Å².